The second-order valence-corrected chi connectivity index (χ2v) is 6.70. The van der Waals surface area contributed by atoms with E-state index in [1.807, 2.05) is 18.2 Å². The van der Waals surface area contributed by atoms with Crippen molar-refractivity contribution in [2.75, 3.05) is 18.4 Å². The highest BCUT2D eigenvalue weighted by Gasteiger charge is 2.21. The number of carbonyl (C=O) groups is 1. The van der Waals surface area contributed by atoms with E-state index in [1.54, 1.807) is 23.5 Å². The van der Waals surface area contributed by atoms with Crippen LogP contribution in [0.4, 0.5) is 14.9 Å². The van der Waals surface area contributed by atoms with Gasteiger partial charge in [0.15, 0.2) is 5.82 Å². The van der Waals surface area contributed by atoms with E-state index in [2.05, 4.69) is 25.4 Å². The highest BCUT2D eigenvalue weighted by molar-refractivity contribution is 5.90. The van der Waals surface area contributed by atoms with E-state index < -0.39 is 5.82 Å². The van der Waals surface area contributed by atoms with Gasteiger partial charge in [0.05, 0.1) is 11.3 Å². The minimum Gasteiger partial charge on any atom is -0.324 e. The van der Waals surface area contributed by atoms with E-state index in [-0.39, 0.29) is 17.4 Å². The molecule has 4 aromatic rings. The van der Waals surface area contributed by atoms with Gasteiger partial charge in [0.2, 0.25) is 0 Å². The number of urea groups is 1. The predicted octanol–water partition coefficient (Wildman–Crippen LogP) is 3.23. The van der Waals surface area contributed by atoms with Crippen LogP contribution in [0.15, 0.2) is 55.0 Å². The molecule has 9 heteroatoms. The van der Waals surface area contributed by atoms with Crippen molar-refractivity contribution in [3.05, 3.63) is 60.8 Å². The summed E-state index contributed by atoms with van der Waals surface area (Å²) < 4.78 is 15.9. The summed E-state index contributed by atoms with van der Waals surface area (Å²) in [5.74, 6) is 0.0510. The number of carbonyl (C=O) groups excluding carboxylic acids is 1. The predicted molar refractivity (Wildman–Crippen MR) is 105 cm³/mol. The summed E-state index contributed by atoms with van der Waals surface area (Å²) in [6.45, 7) is 1.47. The first kappa shape index (κ1) is 17.2. The van der Waals surface area contributed by atoms with Crippen molar-refractivity contribution in [3.8, 4) is 22.6 Å². The zero-order valence-electron chi connectivity index (χ0n) is 15.3. The van der Waals surface area contributed by atoms with Crippen molar-refractivity contribution >= 4 is 17.5 Å². The summed E-state index contributed by atoms with van der Waals surface area (Å²) in [7, 11) is 0. The zero-order valence-corrected chi connectivity index (χ0v) is 15.3. The smallest absolute Gasteiger partial charge is 0.321 e. The maximum atomic E-state index is 14.5. The molecule has 2 amide bonds. The largest absolute Gasteiger partial charge is 0.324 e. The first-order valence-electron chi connectivity index (χ1n) is 9.17. The summed E-state index contributed by atoms with van der Waals surface area (Å²) in [4.78, 5) is 26.7. The number of aromatic nitrogens is 5. The summed E-state index contributed by atoms with van der Waals surface area (Å²) in [5.41, 5.74) is 2.20. The molecule has 5 rings (SSSR count). The maximum absolute atomic E-state index is 14.5. The molecule has 1 aliphatic heterocycles. The van der Waals surface area contributed by atoms with Crippen molar-refractivity contribution in [1.29, 1.82) is 0 Å². The molecule has 0 unspecified atom stereocenters. The normalized spacial score (nSPS) is 13.3. The Balaban J connectivity index is 1.48. The molecule has 0 bridgehead atoms. The van der Waals surface area contributed by atoms with Gasteiger partial charge in [-0.1, -0.05) is 6.07 Å². The fraction of sp³-hybridized carbons (Fsp3) is 0.150. The average Bonchev–Trinajstić information content (AvgIpc) is 3.12. The van der Waals surface area contributed by atoms with Crippen LogP contribution in [-0.4, -0.2) is 48.6 Å². The van der Waals surface area contributed by atoms with Gasteiger partial charge in [-0.3, -0.25) is 4.98 Å². The Labute approximate surface area is 165 Å². The number of nitrogens with one attached hydrogen (secondary N) is 1. The first-order chi connectivity index (χ1) is 14.2. The van der Waals surface area contributed by atoms with Gasteiger partial charge < -0.3 is 10.2 Å². The fourth-order valence-electron chi connectivity index (χ4n) is 3.06. The minimum absolute atomic E-state index is 0.188. The number of hydrogen-bond acceptors (Lipinski definition) is 5. The number of anilines is 1. The number of nitrogens with zero attached hydrogens (tertiary/aromatic N) is 6. The second kappa shape index (κ2) is 6.93. The van der Waals surface area contributed by atoms with E-state index in [0.717, 1.165) is 30.8 Å². The highest BCUT2D eigenvalue weighted by Crippen LogP contribution is 2.25. The molecule has 1 fully saturated rings. The van der Waals surface area contributed by atoms with E-state index >= 15 is 0 Å². The molecule has 0 atom stereocenters. The number of amides is 2. The lowest BCUT2D eigenvalue weighted by molar-refractivity contribution is 0.181. The lowest BCUT2D eigenvalue weighted by Gasteiger charge is -2.30. The molecular formula is C20H16FN7O. The maximum Gasteiger partial charge on any atom is 0.321 e. The molecule has 144 valence electrons. The van der Waals surface area contributed by atoms with E-state index in [4.69, 9.17) is 0 Å². The van der Waals surface area contributed by atoms with Crippen molar-refractivity contribution in [3.63, 3.8) is 0 Å². The molecule has 0 radical (unpaired) electrons. The van der Waals surface area contributed by atoms with Crippen LogP contribution in [0.3, 0.4) is 0 Å². The summed E-state index contributed by atoms with van der Waals surface area (Å²) in [5, 5.41) is 7.14. The van der Waals surface area contributed by atoms with E-state index in [1.165, 1.54) is 22.7 Å². The molecular weight excluding hydrogens is 373 g/mol. The van der Waals surface area contributed by atoms with Gasteiger partial charge in [0.25, 0.3) is 5.78 Å². The topological polar surface area (TPSA) is 88.3 Å². The molecule has 0 saturated carbocycles. The summed E-state index contributed by atoms with van der Waals surface area (Å²) >= 11 is 0. The Bertz CT molecular complexity index is 1200. The third-order valence-corrected chi connectivity index (χ3v) is 4.76. The van der Waals surface area contributed by atoms with Crippen LogP contribution in [0.25, 0.3) is 28.4 Å². The molecule has 3 aromatic heterocycles. The van der Waals surface area contributed by atoms with E-state index in [9.17, 15) is 9.18 Å². The number of rotatable bonds is 3. The third-order valence-electron chi connectivity index (χ3n) is 4.76. The van der Waals surface area contributed by atoms with Crippen LogP contribution in [0.2, 0.25) is 0 Å². The molecule has 1 aromatic carbocycles. The summed E-state index contributed by atoms with van der Waals surface area (Å²) in [6, 6.07) is 9.72. The van der Waals surface area contributed by atoms with Gasteiger partial charge in [-0.25, -0.2) is 18.7 Å². The molecule has 0 aliphatic carbocycles. The van der Waals surface area contributed by atoms with Crippen molar-refractivity contribution in [1.82, 2.24) is 29.5 Å². The molecule has 8 nitrogen and oxygen atoms in total. The lowest BCUT2D eigenvalue weighted by Crippen LogP contribution is -2.44. The van der Waals surface area contributed by atoms with Crippen molar-refractivity contribution < 1.29 is 9.18 Å². The molecule has 29 heavy (non-hydrogen) atoms. The molecule has 1 aliphatic rings. The monoisotopic (exact) mass is 389 g/mol. The average molecular weight is 389 g/mol. The zero-order chi connectivity index (χ0) is 19.8. The Morgan fingerprint density at radius 1 is 1.14 bits per heavy atom. The highest BCUT2D eigenvalue weighted by atomic mass is 19.1. The van der Waals surface area contributed by atoms with Gasteiger partial charge >= 0.3 is 6.03 Å². The van der Waals surface area contributed by atoms with Crippen molar-refractivity contribution in [2.45, 2.75) is 6.42 Å². The third kappa shape index (κ3) is 3.27. The molecule has 1 saturated heterocycles. The fourth-order valence-corrected chi connectivity index (χ4v) is 3.06. The summed E-state index contributed by atoms with van der Waals surface area (Å²) in [6.07, 6.45) is 6.09. The Hall–Kier alpha value is -3.88. The van der Waals surface area contributed by atoms with Crippen LogP contribution >= 0.6 is 0 Å². The van der Waals surface area contributed by atoms with Crippen LogP contribution in [-0.2, 0) is 0 Å². The van der Waals surface area contributed by atoms with Gasteiger partial charge in [-0.2, -0.15) is 4.98 Å². The number of pyridine rings is 1. The number of halogens is 1. The van der Waals surface area contributed by atoms with E-state index in [0.29, 0.717) is 11.5 Å². The van der Waals surface area contributed by atoms with Crippen LogP contribution < -0.4 is 5.32 Å². The van der Waals surface area contributed by atoms with Crippen LogP contribution in [0, 0.1) is 5.82 Å². The number of fused-ring (bicyclic) bond motifs is 1. The van der Waals surface area contributed by atoms with Gasteiger partial charge in [-0.05, 0) is 36.8 Å². The molecule has 0 spiro atoms. The number of benzene rings is 1. The number of hydrogen-bond donors (Lipinski definition) is 1. The van der Waals surface area contributed by atoms with Crippen LogP contribution in [0.1, 0.15) is 6.42 Å². The standard InChI is InChI=1S/C20H16FN7O/c21-16-6-5-14(24-20(29)27-8-3-9-27)10-15(16)18-25-19-23-11-13(12-28(19)26-18)17-4-1-2-7-22-17/h1-2,4-7,10-12H,3,8-9H2,(H,24,29). The Kier molecular flexibility index (Phi) is 4.12. The Morgan fingerprint density at radius 2 is 2.03 bits per heavy atom. The number of likely N-dealkylation sites (tertiary alicyclic amines) is 1. The molecule has 1 N–H and O–H groups in total. The van der Waals surface area contributed by atoms with Gasteiger partial charge in [-0.15, -0.1) is 5.10 Å². The molecule has 4 heterocycles. The quantitative estimate of drug-likeness (QED) is 0.581. The van der Waals surface area contributed by atoms with Gasteiger partial charge in [0, 0.05) is 42.9 Å². The SMILES string of the molecule is O=C(Nc1ccc(F)c(-c2nc3ncc(-c4ccccn4)cn3n2)c1)N1CCC1. The second-order valence-electron chi connectivity index (χ2n) is 6.70. The van der Waals surface area contributed by atoms with Crippen LogP contribution in [0.5, 0.6) is 0 Å². The lowest BCUT2D eigenvalue weighted by atomic mass is 10.1. The van der Waals surface area contributed by atoms with Gasteiger partial charge in [0.1, 0.15) is 5.82 Å². The Morgan fingerprint density at radius 3 is 2.79 bits per heavy atom. The minimum atomic E-state index is -0.479. The van der Waals surface area contributed by atoms with Crippen molar-refractivity contribution in [2.24, 2.45) is 0 Å². The first-order valence-corrected chi connectivity index (χ1v) is 9.17.